The Morgan fingerprint density at radius 2 is 2.17 bits per heavy atom. The standard InChI is InChI=1S/C17H22N4O2/c1-12(17(22)18-9-7-16-19-13(2)20-23-16)21-10-8-14-5-3-4-6-15(14)11-21/h3-6,12H,7-11H2,1-2H3,(H,18,22)/t12-/m0/s1. The molecule has 1 aliphatic heterocycles. The van der Waals surface area contributed by atoms with Gasteiger partial charge in [0.05, 0.1) is 6.04 Å². The molecule has 1 N–H and O–H groups in total. The lowest BCUT2D eigenvalue weighted by Crippen LogP contribution is -2.47. The van der Waals surface area contributed by atoms with Gasteiger partial charge < -0.3 is 9.84 Å². The van der Waals surface area contributed by atoms with Crippen molar-refractivity contribution in [3.63, 3.8) is 0 Å². The molecule has 0 spiro atoms. The summed E-state index contributed by atoms with van der Waals surface area (Å²) in [6.07, 6.45) is 1.55. The number of benzene rings is 1. The smallest absolute Gasteiger partial charge is 0.237 e. The summed E-state index contributed by atoms with van der Waals surface area (Å²) in [6.45, 7) is 5.99. The first-order chi connectivity index (χ1) is 11.1. The predicted octanol–water partition coefficient (Wildman–Crippen LogP) is 1.48. The molecule has 1 aromatic heterocycles. The first-order valence-corrected chi connectivity index (χ1v) is 8.01. The Hall–Kier alpha value is -2.21. The summed E-state index contributed by atoms with van der Waals surface area (Å²) in [5, 5.41) is 6.69. The molecule has 0 saturated heterocycles. The molecule has 6 heteroatoms. The summed E-state index contributed by atoms with van der Waals surface area (Å²) in [7, 11) is 0. The minimum absolute atomic E-state index is 0.0422. The number of aryl methyl sites for hydroxylation is 1. The molecule has 0 unspecified atom stereocenters. The normalized spacial score (nSPS) is 15.9. The van der Waals surface area contributed by atoms with Crippen LogP contribution in [0.2, 0.25) is 0 Å². The summed E-state index contributed by atoms with van der Waals surface area (Å²) < 4.78 is 5.04. The second-order valence-electron chi connectivity index (χ2n) is 5.94. The number of hydrogen-bond acceptors (Lipinski definition) is 5. The number of carbonyl (C=O) groups is 1. The zero-order valence-electron chi connectivity index (χ0n) is 13.6. The molecule has 122 valence electrons. The predicted molar refractivity (Wildman–Crippen MR) is 85.8 cm³/mol. The van der Waals surface area contributed by atoms with Crippen molar-refractivity contribution >= 4 is 5.91 Å². The van der Waals surface area contributed by atoms with Gasteiger partial charge in [0.25, 0.3) is 0 Å². The monoisotopic (exact) mass is 314 g/mol. The number of rotatable bonds is 5. The Bertz CT molecular complexity index is 683. The molecule has 3 rings (SSSR count). The molecule has 0 aliphatic carbocycles. The molecule has 0 bridgehead atoms. The van der Waals surface area contributed by atoms with E-state index in [-0.39, 0.29) is 11.9 Å². The van der Waals surface area contributed by atoms with Gasteiger partial charge in [-0.05, 0) is 31.4 Å². The molecule has 6 nitrogen and oxygen atoms in total. The maximum absolute atomic E-state index is 12.3. The number of fused-ring (bicyclic) bond motifs is 1. The zero-order valence-corrected chi connectivity index (χ0v) is 13.6. The highest BCUT2D eigenvalue weighted by molar-refractivity contribution is 5.81. The van der Waals surface area contributed by atoms with Crippen LogP contribution in [0.4, 0.5) is 0 Å². The summed E-state index contributed by atoms with van der Waals surface area (Å²) in [5.74, 6) is 1.22. The van der Waals surface area contributed by atoms with Crippen molar-refractivity contribution in [2.75, 3.05) is 13.1 Å². The van der Waals surface area contributed by atoms with Crippen LogP contribution in [0.1, 0.15) is 29.8 Å². The number of aromatic nitrogens is 2. The van der Waals surface area contributed by atoms with E-state index in [4.69, 9.17) is 4.52 Å². The van der Waals surface area contributed by atoms with E-state index in [9.17, 15) is 4.79 Å². The number of nitrogens with zero attached hydrogens (tertiary/aromatic N) is 3. The lowest BCUT2D eigenvalue weighted by Gasteiger charge is -2.32. The molecule has 23 heavy (non-hydrogen) atoms. The first kappa shape index (κ1) is 15.7. The Labute approximate surface area is 135 Å². The topological polar surface area (TPSA) is 71.3 Å². The van der Waals surface area contributed by atoms with Gasteiger partial charge in [-0.2, -0.15) is 4.98 Å². The lowest BCUT2D eigenvalue weighted by atomic mass is 9.99. The van der Waals surface area contributed by atoms with E-state index in [1.165, 1.54) is 11.1 Å². The summed E-state index contributed by atoms with van der Waals surface area (Å²) in [5.41, 5.74) is 2.71. The fraction of sp³-hybridized carbons (Fsp3) is 0.471. The Balaban J connectivity index is 1.50. The lowest BCUT2D eigenvalue weighted by molar-refractivity contribution is -0.126. The number of nitrogens with one attached hydrogen (secondary N) is 1. The SMILES string of the molecule is Cc1noc(CCNC(=O)[C@H](C)N2CCc3ccccc3C2)n1. The highest BCUT2D eigenvalue weighted by Crippen LogP contribution is 2.20. The van der Waals surface area contributed by atoms with E-state index < -0.39 is 0 Å². The maximum atomic E-state index is 12.3. The Morgan fingerprint density at radius 3 is 2.91 bits per heavy atom. The molecular formula is C17H22N4O2. The third-order valence-electron chi connectivity index (χ3n) is 4.30. The van der Waals surface area contributed by atoms with Crippen LogP contribution >= 0.6 is 0 Å². The third-order valence-corrected chi connectivity index (χ3v) is 4.30. The quantitative estimate of drug-likeness (QED) is 0.905. The van der Waals surface area contributed by atoms with Gasteiger partial charge in [0.15, 0.2) is 5.82 Å². The van der Waals surface area contributed by atoms with Gasteiger partial charge in [-0.15, -0.1) is 0 Å². The van der Waals surface area contributed by atoms with E-state index in [1.807, 2.05) is 6.92 Å². The molecule has 0 saturated carbocycles. The Kier molecular flexibility index (Phi) is 4.71. The molecular weight excluding hydrogens is 292 g/mol. The van der Waals surface area contributed by atoms with Gasteiger partial charge in [0.2, 0.25) is 11.8 Å². The van der Waals surface area contributed by atoms with Crippen LogP contribution in [0.3, 0.4) is 0 Å². The first-order valence-electron chi connectivity index (χ1n) is 8.01. The minimum atomic E-state index is -0.146. The average molecular weight is 314 g/mol. The van der Waals surface area contributed by atoms with Crippen LogP contribution in [-0.4, -0.2) is 40.1 Å². The van der Waals surface area contributed by atoms with E-state index in [2.05, 4.69) is 44.6 Å². The molecule has 0 radical (unpaired) electrons. The summed E-state index contributed by atoms with van der Waals surface area (Å²) >= 11 is 0. The van der Waals surface area contributed by atoms with Crippen molar-refractivity contribution in [2.45, 2.75) is 39.3 Å². The van der Waals surface area contributed by atoms with Gasteiger partial charge in [-0.1, -0.05) is 29.4 Å². The van der Waals surface area contributed by atoms with Crippen molar-refractivity contribution in [3.8, 4) is 0 Å². The fourth-order valence-corrected chi connectivity index (χ4v) is 2.90. The average Bonchev–Trinajstić information content (AvgIpc) is 2.99. The van der Waals surface area contributed by atoms with Gasteiger partial charge in [-0.3, -0.25) is 9.69 Å². The summed E-state index contributed by atoms with van der Waals surface area (Å²) in [6, 6.07) is 8.30. The van der Waals surface area contributed by atoms with Crippen molar-refractivity contribution in [2.24, 2.45) is 0 Å². The molecule has 1 atom stereocenters. The molecule has 1 aliphatic rings. The van der Waals surface area contributed by atoms with E-state index in [1.54, 1.807) is 6.92 Å². The summed E-state index contributed by atoms with van der Waals surface area (Å²) in [4.78, 5) is 18.7. The van der Waals surface area contributed by atoms with Crippen LogP contribution in [0.25, 0.3) is 0 Å². The second-order valence-corrected chi connectivity index (χ2v) is 5.94. The fourth-order valence-electron chi connectivity index (χ4n) is 2.90. The number of hydrogen-bond donors (Lipinski definition) is 1. The number of carbonyl (C=O) groups excluding carboxylic acids is 1. The largest absolute Gasteiger partial charge is 0.354 e. The molecule has 1 amide bonds. The van der Waals surface area contributed by atoms with Gasteiger partial charge in [-0.25, -0.2) is 0 Å². The third kappa shape index (κ3) is 3.76. The highest BCUT2D eigenvalue weighted by Gasteiger charge is 2.24. The van der Waals surface area contributed by atoms with Gasteiger partial charge >= 0.3 is 0 Å². The van der Waals surface area contributed by atoms with Gasteiger partial charge in [0, 0.05) is 26.1 Å². The van der Waals surface area contributed by atoms with Crippen LogP contribution in [0.5, 0.6) is 0 Å². The van der Waals surface area contributed by atoms with Crippen LogP contribution in [0, 0.1) is 6.92 Å². The molecule has 2 aromatic rings. The maximum Gasteiger partial charge on any atom is 0.237 e. The van der Waals surface area contributed by atoms with E-state index in [0.717, 1.165) is 19.5 Å². The number of amides is 1. The minimum Gasteiger partial charge on any atom is -0.354 e. The van der Waals surface area contributed by atoms with E-state index in [0.29, 0.717) is 24.7 Å². The van der Waals surface area contributed by atoms with Crippen LogP contribution < -0.4 is 5.32 Å². The van der Waals surface area contributed by atoms with Crippen molar-refractivity contribution in [1.29, 1.82) is 0 Å². The van der Waals surface area contributed by atoms with Crippen LogP contribution in [-0.2, 0) is 24.2 Å². The second kappa shape index (κ2) is 6.91. The van der Waals surface area contributed by atoms with Crippen LogP contribution in [0.15, 0.2) is 28.8 Å². The highest BCUT2D eigenvalue weighted by atomic mass is 16.5. The van der Waals surface area contributed by atoms with Crippen molar-refractivity contribution in [1.82, 2.24) is 20.4 Å². The van der Waals surface area contributed by atoms with E-state index >= 15 is 0 Å². The molecule has 0 fully saturated rings. The van der Waals surface area contributed by atoms with Crippen molar-refractivity contribution < 1.29 is 9.32 Å². The molecule has 2 heterocycles. The van der Waals surface area contributed by atoms with Crippen molar-refractivity contribution in [3.05, 3.63) is 47.1 Å². The molecule has 1 aromatic carbocycles. The zero-order chi connectivity index (χ0) is 16.2. The Morgan fingerprint density at radius 1 is 1.39 bits per heavy atom. The van der Waals surface area contributed by atoms with Gasteiger partial charge in [0.1, 0.15) is 0 Å².